The molecule has 32 heavy (non-hydrogen) atoms. The highest BCUT2D eigenvalue weighted by Crippen LogP contribution is 2.32. The number of carbonyl (C=O) groups excluding carboxylic acids is 1. The summed E-state index contributed by atoms with van der Waals surface area (Å²) < 4.78 is 5.82. The summed E-state index contributed by atoms with van der Waals surface area (Å²) in [5, 5.41) is 0. The van der Waals surface area contributed by atoms with Gasteiger partial charge < -0.3 is 14.6 Å². The average Bonchev–Trinajstić information content (AvgIpc) is 2.85. The zero-order valence-corrected chi connectivity index (χ0v) is 19.3. The lowest BCUT2D eigenvalue weighted by molar-refractivity contribution is -0.139. The maximum absolute atomic E-state index is 13.2. The van der Waals surface area contributed by atoms with E-state index in [1.54, 1.807) is 0 Å². The minimum Gasteiger partial charge on any atom is -0.378 e. The number of H-pyrrole nitrogens is 1. The number of rotatable bonds is 4. The van der Waals surface area contributed by atoms with Gasteiger partial charge in [0, 0.05) is 37.8 Å². The fourth-order valence-electron chi connectivity index (χ4n) is 6.19. The molecule has 7 nitrogen and oxygen atoms in total. The van der Waals surface area contributed by atoms with Crippen molar-refractivity contribution in [2.45, 2.75) is 108 Å². The van der Waals surface area contributed by atoms with Crippen molar-refractivity contribution in [2.24, 2.45) is 0 Å². The van der Waals surface area contributed by atoms with Gasteiger partial charge in [-0.2, -0.15) is 0 Å². The smallest absolute Gasteiger partial charge is 0.254 e. The number of nitrogens with one attached hydrogen (secondary N) is 1. The van der Waals surface area contributed by atoms with Crippen molar-refractivity contribution >= 4 is 5.91 Å². The topological polar surface area (TPSA) is 78.5 Å². The van der Waals surface area contributed by atoms with Crippen molar-refractivity contribution in [3.63, 3.8) is 0 Å². The van der Waals surface area contributed by atoms with E-state index in [0.717, 1.165) is 82.4 Å². The first-order chi connectivity index (χ1) is 15.7. The first kappa shape index (κ1) is 22.1. The second-order valence-electron chi connectivity index (χ2n) is 10.2. The number of aromatic amines is 1. The number of ether oxygens (including phenoxy) is 1. The molecule has 1 amide bonds. The Morgan fingerprint density at radius 1 is 1.00 bits per heavy atom. The molecule has 3 aliphatic heterocycles. The normalized spacial score (nSPS) is 27.8. The molecule has 0 radical (unpaired) electrons. The number of piperidine rings is 1. The molecule has 2 saturated heterocycles. The summed E-state index contributed by atoms with van der Waals surface area (Å²) >= 11 is 0. The van der Waals surface area contributed by atoms with E-state index in [4.69, 9.17) is 9.72 Å². The Hall–Kier alpha value is -1.73. The third kappa shape index (κ3) is 4.79. The summed E-state index contributed by atoms with van der Waals surface area (Å²) in [5.41, 5.74) is 1.79. The zero-order chi connectivity index (χ0) is 21.9. The van der Waals surface area contributed by atoms with Crippen LogP contribution in [0.2, 0.25) is 0 Å². The lowest BCUT2D eigenvalue weighted by atomic mass is 9.92. The summed E-state index contributed by atoms with van der Waals surface area (Å²) in [5.74, 6) is 0.836. The maximum Gasteiger partial charge on any atom is 0.254 e. The molecule has 2 unspecified atom stereocenters. The first-order valence-corrected chi connectivity index (χ1v) is 13.0. The predicted octanol–water partition coefficient (Wildman–Crippen LogP) is 3.47. The molecule has 1 N–H and O–H groups in total. The molecule has 3 fully saturated rings. The number of carbonyl (C=O) groups is 1. The minimum absolute atomic E-state index is 0.00174. The molecule has 0 aromatic carbocycles. The monoisotopic (exact) mass is 442 g/mol. The van der Waals surface area contributed by atoms with Crippen LogP contribution >= 0.6 is 0 Å². The predicted molar refractivity (Wildman–Crippen MR) is 122 cm³/mol. The van der Waals surface area contributed by atoms with Crippen LogP contribution in [0.25, 0.3) is 0 Å². The van der Waals surface area contributed by atoms with Crippen molar-refractivity contribution in [3.05, 3.63) is 27.4 Å². The van der Waals surface area contributed by atoms with Crippen molar-refractivity contribution in [3.8, 4) is 0 Å². The van der Waals surface area contributed by atoms with Crippen LogP contribution in [0.3, 0.4) is 0 Å². The van der Waals surface area contributed by atoms with E-state index in [1.807, 2.05) is 4.90 Å². The molecule has 5 rings (SSSR count). The summed E-state index contributed by atoms with van der Waals surface area (Å²) in [6.45, 7) is 3.23. The number of aromatic nitrogens is 2. The van der Waals surface area contributed by atoms with Crippen LogP contribution in [-0.2, 0) is 22.5 Å². The molecule has 1 saturated carbocycles. The van der Waals surface area contributed by atoms with E-state index < -0.39 is 0 Å². The molecule has 1 aromatic rings. The zero-order valence-electron chi connectivity index (χ0n) is 19.3. The molecule has 176 valence electrons. The van der Waals surface area contributed by atoms with Gasteiger partial charge >= 0.3 is 0 Å². The van der Waals surface area contributed by atoms with Crippen LogP contribution in [-0.4, -0.2) is 57.5 Å². The number of hydrogen-bond donors (Lipinski definition) is 1. The van der Waals surface area contributed by atoms with E-state index in [9.17, 15) is 9.59 Å². The Bertz CT molecular complexity index is 857. The summed E-state index contributed by atoms with van der Waals surface area (Å²) in [6.07, 6.45) is 13.9. The van der Waals surface area contributed by atoms with Crippen LogP contribution in [0.1, 0.15) is 100 Å². The minimum atomic E-state index is -0.122. The molecule has 1 aromatic heterocycles. The molecule has 2 atom stereocenters. The fraction of sp³-hybridized carbons (Fsp3) is 0.800. The van der Waals surface area contributed by atoms with Crippen molar-refractivity contribution in [2.75, 3.05) is 19.7 Å². The lowest BCUT2D eigenvalue weighted by Crippen LogP contribution is -2.44. The van der Waals surface area contributed by atoms with Crippen LogP contribution in [0, 0.1) is 0 Å². The van der Waals surface area contributed by atoms with Gasteiger partial charge in [-0.15, -0.1) is 0 Å². The van der Waals surface area contributed by atoms with Crippen molar-refractivity contribution in [1.82, 2.24) is 19.8 Å². The highest BCUT2D eigenvalue weighted by atomic mass is 16.5. The van der Waals surface area contributed by atoms with Gasteiger partial charge in [0.25, 0.3) is 5.56 Å². The van der Waals surface area contributed by atoms with Crippen LogP contribution in [0.5, 0.6) is 0 Å². The standard InChI is InChI=1S/C25H38N4O3/c30-23(16-19-10-5-7-15-32-19)29-13-6-4-11-22(29)24-26-21-17-28(18-8-2-1-3-9-18)14-12-20(21)25(31)27-24/h18-19,22H,1-17H2,(H,26,27,31). The second kappa shape index (κ2) is 10.0. The molecule has 4 heterocycles. The summed E-state index contributed by atoms with van der Waals surface area (Å²) in [4.78, 5) is 38.8. The van der Waals surface area contributed by atoms with Gasteiger partial charge in [0.2, 0.25) is 5.91 Å². The Kier molecular flexibility index (Phi) is 6.93. The summed E-state index contributed by atoms with van der Waals surface area (Å²) in [6, 6.07) is 0.507. The average molecular weight is 443 g/mol. The maximum atomic E-state index is 13.2. The first-order valence-electron chi connectivity index (χ1n) is 13.0. The molecular formula is C25H38N4O3. The van der Waals surface area contributed by atoms with Crippen LogP contribution in [0.15, 0.2) is 4.79 Å². The molecule has 1 aliphatic carbocycles. The van der Waals surface area contributed by atoms with Gasteiger partial charge in [-0.1, -0.05) is 19.3 Å². The Labute approximate surface area is 190 Å². The molecule has 7 heteroatoms. The molecule has 0 spiro atoms. The Morgan fingerprint density at radius 2 is 1.81 bits per heavy atom. The van der Waals surface area contributed by atoms with Crippen molar-refractivity contribution < 1.29 is 9.53 Å². The largest absolute Gasteiger partial charge is 0.378 e. The van der Waals surface area contributed by atoms with Gasteiger partial charge in [0.05, 0.1) is 24.3 Å². The van der Waals surface area contributed by atoms with Gasteiger partial charge in [-0.05, 0) is 57.8 Å². The number of fused-ring (bicyclic) bond motifs is 1. The molecule has 0 bridgehead atoms. The third-order valence-electron chi connectivity index (χ3n) is 8.03. The van der Waals surface area contributed by atoms with Gasteiger partial charge in [0.1, 0.15) is 5.82 Å². The quantitative estimate of drug-likeness (QED) is 0.772. The van der Waals surface area contributed by atoms with Crippen LogP contribution in [0.4, 0.5) is 0 Å². The SMILES string of the molecule is O=C(CC1CCCCO1)N1CCCCC1c1nc2c(c(=O)[nH]1)CCN(C1CCCCC1)C2. The van der Waals surface area contributed by atoms with Crippen molar-refractivity contribution in [1.29, 1.82) is 0 Å². The number of hydrogen-bond acceptors (Lipinski definition) is 5. The summed E-state index contributed by atoms with van der Waals surface area (Å²) in [7, 11) is 0. The van der Waals surface area contributed by atoms with E-state index in [2.05, 4.69) is 9.88 Å². The van der Waals surface area contributed by atoms with E-state index in [-0.39, 0.29) is 23.6 Å². The lowest BCUT2D eigenvalue weighted by Gasteiger charge is -2.38. The van der Waals surface area contributed by atoms with Crippen LogP contribution < -0.4 is 5.56 Å². The highest BCUT2D eigenvalue weighted by Gasteiger charge is 2.33. The molecular weight excluding hydrogens is 404 g/mol. The third-order valence-corrected chi connectivity index (χ3v) is 8.03. The Morgan fingerprint density at radius 3 is 2.62 bits per heavy atom. The van der Waals surface area contributed by atoms with E-state index in [0.29, 0.717) is 18.3 Å². The van der Waals surface area contributed by atoms with Gasteiger partial charge in [0.15, 0.2) is 0 Å². The highest BCUT2D eigenvalue weighted by molar-refractivity contribution is 5.77. The van der Waals surface area contributed by atoms with E-state index >= 15 is 0 Å². The molecule has 4 aliphatic rings. The Balaban J connectivity index is 1.34. The fourth-order valence-corrected chi connectivity index (χ4v) is 6.19. The number of likely N-dealkylation sites (tertiary alicyclic amines) is 1. The number of amides is 1. The number of nitrogens with zero attached hydrogens (tertiary/aromatic N) is 3. The van der Waals surface area contributed by atoms with Gasteiger partial charge in [-0.3, -0.25) is 14.5 Å². The second-order valence-corrected chi connectivity index (χ2v) is 10.2. The van der Waals surface area contributed by atoms with E-state index in [1.165, 1.54) is 32.1 Å². The van der Waals surface area contributed by atoms with Gasteiger partial charge in [-0.25, -0.2) is 4.98 Å².